The van der Waals surface area contributed by atoms with Crippen molar-refractivity contribution >= 4 is 36.0 Å². The van der Waals surface area contributed by atoms with Crippen molar-refractivity contribution in [2.75, 3.05) is 37.8 Å². The van der Waals surface area contributed by atoms with Crippen LogP contribution in [-0.4, -0.2) is 65.5 Å². The summed E-state index contributed by atoms with van der Waals surface area (Å²) >= 11 is 1.69. The predicted molar refractivity (Wildman–Crippen MR) is 93.3 cm³/mol. The molecule has 0 aromatic heterocycles. The first-order valence-corrected chi connectivity index (χ1v) is 9.19. The zero-order valence-electron chi connectivity index (χ0n) is 13.5. The van der Waals surface area contributed by atoms with Crippen LogP contribution in [0.15, 0.2) is 0 Å². The maximum atomic E-state index is 12.7. The van der Waals surface area contributed by atoms with E-state index in [-0.39, 0.29) is 30.3 Å². The quantitative estimate of drug-likeness (QED) is 0.818. The molecule has 2 aliphatic rings. The van der Waals surface area contributed by atoms with Crippen molar-refractivity contribution < 1.29 is 9.59 Å². The standard InChI is InChI=1S/C15H27N3O2S.ClH/c1-3-14(19)18-11-21-10-13(18)15(20)17-7-5-12(6-8-17)9-16-4-2;/h12-13,16H,3-11H2,1-2H3;1H. The molecule has 1 unspecified atom stereocenters. The molecule has 22 heavy (non-hydrogen) atoms. The first-order valence-electron chi connectivity index (χ1n) is 8.04. The van der Waals surface area contributed by atoms with E-state index in [1.54, 1.807) is 16.7 Å². The highest BCUT2D eigenvalue weighted by Crippen LogP contribution is 2.25. The smallest absolute Gasteiger partial charge is 0.246 e. The van der Waals surface area contributed by atoms with Gasteiger partial charge < -0.3 is 15.1 Å². The number of hydrogen-bond donors (Lipinski definition) is 1. The van der Waals surface area contributed by atoms with E-state index < -0.39 is 0 Å². The summed E-state index contributed by atoms with van der Waals surface area (Å²) in [5.41, 5.74) is 0. The molecule has 128 valence electrons. The van der Waals surface area contributed by atoms with Crippen LogP contribution in [0.5, 0.6) is 0 Å². The third-order valence-electron chi connectivity index (χ3n) is 4.40. The van der Waals surface area contributed by atoms with Crippen LogP contribution >= 0.6 is 24.2 Å². The molecule has 1 atom stereocenters. The Bertz CT molecular complexity index is 376. The lowest BCUT2D eigenvalue weighted by molar-refractivity contribution is -0.144. The fourth-order valence-electron chi connectivity index (χ4n) is 3.01. The minimum Gasteiger partial charge on any atom is -0.341 e. The molecule has 0 radical (unpaired) electrons. The number of likely N-dealkylation sites (tertiary alicyclic amines) is 1. The zero-order chi connectivity index (χ0) is 15.2. The molecule has 2 saturated heterocycles. The third-order valence-corrected chi connectivity index (χ3v) is 5.41. The average molecular weight is 350 g/mol. The summed E-state index contributed by atoms with van der Waals surface area (Å²) in [5.74, 6) is 2.35. The summed E-state index contributed by atoms with van der Waals surface area (Å²) in [6.45, 7) is 7.72. The van der Waals surface area contributed by atoms with Gasteiger partial charge in [-0.05, 0) is 31.8 Å². The number of carbonyl (C=O) groups is 2. The fraction of sp³-hybridized carbons (Fsp3) is 0.867. The van der Waals surface area contributed by atoms with E-state index >= 15 is 0 Å². The Morgan fingerprint density at radius 3 is 2.50 bits per heavy atom. The Hall–Kier alpha value is -0.460. The van der Waals surface area contributed by atoms with Gasteiger partial charge in [0.05, 0.1) is 5.88 Å². The lowest BCUT2D eigenvalue weighted by atomic mass is 9.96. The number of nitrogens with one attached hydrogen (secondary N) is 1. The van der Waals surface area contributed by atoms with E-state index in [0.717, 1.165) is 44.8 Å². The number of rotatable bonds is 5. The topological polar surface area (TPSA) is 52.7 Å². The molecule has 2 rings (SSSR count). The van der Waals surface area contributed by atoms with Gasteiger partial charge in [-0.25, -0.2) is 0 Å². The zero-order valence-corrected chi connectivity index (χ0v) is 15.2. The van der Waals surface area contributed by atoms with Gasteiger partial charge in [0.25, 0.3) is 0 Å². The summed E-state index contributed by atoms with van der Waals surface area (Å²) in [4.78, 5) is 28.3. The van der Waals surface area contributed by atoms with E-state index in [9.17, 15) is 9.59 Å². The molecular formula is C15H28ClN3O2S. The maximum absolute atomic E-state index is 12.7. The fourth-order valence-corrected chi connectivity index (χ4v) is 4.18. The number of piperidine rings is 1. The van der Waals surface area contributed by atoms with Crippen molar-refractivity contribution in [2.24, 2.45) is 5.92 Å². The molecule has 2 heterocycles. The van der Waals surface area contributed by atoms with Crippen LogP contribution in [0.4, 0.5) is 0 Å². The normalized spacial score (nSPS) is 22.5. The first-order chi connectivity index (χ1) is 10.2. The van der Waals surface area contributed by atoms with E-state index in [1.165, 1.54) is 0 Å². The van der Waals surface area contributed by atoms with Gasteiger partial charge >= 0.3 is 0 Å². The van der Waals surface area contributed by atoms with Crippen LogP contribution in [0.1, 0.15) is 33.1 Å². The van der Waals surface area contributed by atoms with Crippen LogP contribution in [-0.2, 0) is 9.59 Å². The van der Waals surface area contributed by atoms with Gasteiger partial charge in [0.1, 0.15) is 6.04 Å². The van der Waals surface area contributed by atoms with Crippen LogP contribution < -0.4 is 5.32 Å². The Kier molecular flexibility index (Phi) is 8.57. The molecule has 5 nitrogen and oxygen atoms in total. The molecule has 0 saturated carbocycles. The molecule has 0 bridgehead atoms. The second kappa shape index (κ2) is 9.63. The minimum absolute atomic E-state index is 0. The van der Waals surface area contributed by atoms with Crippen LogP contribution in [0, 0.1) is 5.92 Å². The van der Waals surface area contributed by atoms with Crippen molar-refractivity contribution in [3.05, 3.63) is 0 Å². The van der Waals surface area contributed by atoms with Gasteiger partial charge in [0.15, 0.2) is 0 Å². The van der Waals surface area contributed by atoms with Crippen LogP contribution in [0.25, 0.3) is 0 Å². The SMILES string of the molecule is CCNCC1CCN(C(=O)C2CSCN2C(=O)CC)CC1.Cl. The lowest BCUT2D eigenvalue weighted by Crippen LogP contribution is -2.51. The van der Waals surface area contributed by atoms with Crippen LogP contribution in [0.2, 0.25) is 0 Å². The monoisotopic (exact) mass is 349 g/mol. The highest BCUT2D eigenvalue weighted by Gasteiger charge is 2.37. The van der Waals surface area contributed by atoms with Crippen molar-refractivity contribution in [1.82, 2.24) is 15.1 Å². The molecule has 2 amide bonds. The van der Waals surface area contributed by atoms with Gasteiger partial charge in [0.2, 0.25) is 11.8 Å². The number of nitrogens with zero attached hydrogens (tertiary/aromatic N) is 2. The van der Waals surface area contributed by atoms with E-state index in [1.807, 2.05) is 11.8 Å². The predicted octanol–water partition coefficient (Wildman–Crippen LogP) is 1.57. The van der Waals surface area contributed by atoms with E-state index in [0.29, 0.717) is 18.2 Å². The molecule has 7 heteroatoms. The molecule has 0 spiro atoms. The number of thioether (sulfide) groups is 1. The molecule has 2 fully saturated rings. The van der Waals surface area contributed by atoms with E-state index in [2.05, 4.69) is 12.2 Å². The summed E-state index contributed by atoms with van der Waals surface area (Å²) < 4.78 is 0. The van der Waals surface area contributed by atoms with Crippen molar-refractivity contribution in [1.29, 1.82) is 0 Å². The van der Waals surface area contributed by atoms with Crippen molar-refractivity contribution in [3.8, 4) is 0 Å². The van der Waals surface area contributed by atoms with E-state index in [4.69, 9.17) is 0 Å². The third kappa shape index (κ3) is 4.77. The number of halogens is 1. The maximum Gasteiger partial charge on any atom is 0.246 e. The number of amides is 2. The van der Waals surface area contributed by atoms with Crippen molar-refractivity contribution in [2.45, 2.75) is 39.2 Å². The largest absolute Gasteiger partial charge is 0.341 e. The number of carbonyl (C=O) groups excluding carboxylic acids is 2. The Morgan fingerprint density at radius 2 is 1.91 bits per heavy atom. The summed E-state index contributed by atoms with van der Waals surface area (Å²) in [5, 5.41) is 3.39. The molecule has 0 aliphatic carbocycles. The molecule has 0 aromatic carbocycles. The van der Waals surface area contributed by atoms with Gasteiger partial charge in [-0.15, -0.1) is 24.2 Å². The van der Waals surface area contributed by atoms with Gasteiger partial charge in [0, 0.05) is 25.3 Å². The average Bonchev–Trinajstić information content (AvgIpc) is 3.01. The molecule has 0 aromatic rings. The highest BCUT2D eigenvalue weighted by molar-refractivity contribution is 7.99. The van der Waals surface area contributed by atoms with Crippen molar-refractivity contribution in [3.63, 3.8) is 0 Å². The second-order valence-corrected chi connectivity index (χ2v) is 6.81. The second-order valence-electron chi connectivity index (χ2n) is 5.81. The number of hydrogen-bond acceptors (Lipinski definition) is 4. The van der Waals surface area contributed by atoms with Crippen LogP contribution in [0.3, 0.4) is 0 Å². The highest BCUT2D eigenvalue weighted by atomic mass is 35.5. The van der Waals surface area contributed by atoms with Gasteiger partial charge in [-0.3, -0.25) is 9.59 Å². The molecular weight excluding hydrogens is 322 g/mol. The molecule has 2 aliphatic heterocycles. The first kappa shape index (κ1) is 19.6. The Labute approximate surface area is 144 Å². The summed E-state index contributed by atoms with van der Waals surface area (Å²) in [7, 11) is 0. The minimum atomic E-state index is -0.229. The summed E-state index contributed by atoms with van der Waals surface area (Å²) in [6.07, 6.45) is 2.62. The Balaban J connectivity index is 0.00000242. The Morgan fingerprint density at radius 1 is 1.23 bits per heavy atom. The summed E-state index contributed by atoms with van der Waals surface area (Å²) in [6, 6.07) is -0.229. The molecule has 1 N–H and O–H groups in total. The van der Waals surface area contributed by atoms with Gasteiger partial charge in [-0.1, -0.05) is 13.8 Å². The lowest BCUT2D eigenvalue weighted by Gasteiger charge is -2.35. The van der Waals surface area contributed by atoms with Gasteiger partial charge in [-0.2, -0.15) is 0 Å².